The highest BCUT2D eigenvalue weighted by atomic mass is 35.5. The molecule has 1 aliphatic rings. The van der Waals surface area contributed by atoms with Crippen molar-refractivity contribution in [1.29, 1.82) is 0 Å². The smallest absolute Gasteiger partial charge is 0.246 e. The largest absolute Gasteiger partial charge is 0.496 e. The number of hydrogen-bond acceptors (Lipinski definition) is 4. The fourth-order valence-corrected chi connectivity index (χ4v) is 3.94. The molecule has 0 bridgehead atoms. The molecule has 1 atom stereocenters. The van der Waals surface area contributed by atoms with E-state index in [1.807, 2.05) is 31.2 Å². The van der Waals surface area contributed by atoms with Gasteiger partial charge in [0.25, 0.3) is 0 Å². The van der Waals surface area contributed by atoms with Crippen molar-refractivity contribution in [3.05, 3.63) is 50.7 Å². The van der Waals surface area contributed by atoms with E-state index in [9.17, 15) is 4.79 Å². The van der Waals surface area contributed by atoms with Gasteiger partial charge in [-0.15, -0.1) is 11.3 Å². The third-order valence-electron chi connectivity index (χ3n) is 4.05. The Morgan fingerprint density at radius 3 is 2.96 bits per heavy atom. The number of amides is 1. The van der Waals surface area contributed by atoms with Crippen molar-refractivity contribution in [2.75, 3.05) is 14.2 Å². The summed E-state index contributed by atoms with van der Waals surface area (Å²) in [5, 5.41) is 0. The highest BCUT2D eigenvalue weighted by Gasteiger charge is 2.21. The summed E-state index contributed by atoms with van der Waals surface area (Å²) < 4.78 is 12.0. The molecule has 1 aromatic carbocycles. The van der Waals surface area contributed by atoms with Crippen LogP contribution in [0.1, 0.15) is 22.9 Å². The van der Waals surface area contributed by atoms with Crippen molar-refractivity contribution < 1.29 is 14.3 Å². The first-order valence-corrected chi connectivity index (χ1v) is 9.20. The van der Waals surface area contributed by atoms with Gasteiger partial charge in [0.1, 0.15) is 17.6 Å². The Balaban J connectivity index is 1.72. The maximum Gasteiger partial charge on any atom is 0.246 e. The van der Waals surface area contributed by atoms with Crippen LogP contribution in [0.4, 0.5) is 0 Å². The molecule has 2 heterocycles. The number of benzene rings is 1. The SMILES string of the molecule is COc1cc2c(cc1C=CC(=O)N(C)Cc1ccc(Cl)s1)OC(C)C2. The predicted octanol–water partition coefficient (Wildman–Crippen LogP) is 4.41. The van der Waals surface area contributed by atoms with Crippen LogP contribution >= 0.6 is 22.9 Å². The van der Waals surface area contributed by atoms with Crippen LogP contribution in [0.15, 0.2) is 30.3 Å². The Bertz CT molecular complexity index is 815. The Morgan fingerprint density at radius 2 is 2.28 bits per heavy atom. The quantitative estimate of drug-likeness (QED) is 0.724. The lowest BCUT2D eigenvalue weighted by atomic mass is 10.1. The molecule has 1 aliphatic heterocycles. The minimum Gasteiger partial charge on any atom is -0.496 e. The van der Waals surface area contributed by atoms with Crippen molar-refractivity contribution in [2.24, 2.45) is 0 Å². The van der Waals surface area contributed by atoms with E-state index >= 15 is 0 Å². The van der Waals surface area contributed by atoms with Crippen molar-refractivity contribution in [1.82, 2.24) is 4.90 Å². The van der Waals surface area contributed by atoms with E-state index in [-0.39, 0.29) is 12.0 Å². The van der Waals surface area contributed by atoms with Gasteiger partial charge in [-0.25, -0.2) is 0 Å². The Kier molecular flexibility index (Phi) is 5.35. The number of rotatable bonds is 5. The molecule has 0 N–H and O–H groups in total. The van der Waals surface area contributed by atoms with Crippen LogP contribution < -0.4 is 9.47 Å². The monoisotopic (exact) mass is 377 g/mol. The molecule has 6 heteroatoms. The molecule has 3 rings (SSSR count). The number of carbonyl (C=O) groups is 1. The third-order valence-corrected chi connectivity index (χ3v) is 5.27. The highest BCUT2D eigenvalue weighted by Crippen LogP contribution is 2.35. The van der Waals surface area contributed by atoms with E-state index in [4.69, 9.17) is 21.1 Å². The maximum atomic E-state index is 12.4. The topological polar surface area (TPSA) is 38.8 Å². The van der Waals surface area contributed by atoms with Crippen molar-refractivity contribution in [2.45, 2.75) is 26.0 Å². The van der Waals surface area contributed by atoms with Gasteiger partial charge in [0.05, 0.1) is 18.0 Å². The molecule has 1 unspecified atom stereocenters. The molecule has 1 aromatic heterocycles. The number of likely N-dealkylation sites (N-methyl/N-ethyl adjacent to an activating group) is 1. The van der Waals surface area contributed by atoms with E-state index < -0.39 is 0 Å². The normalized spacial score (nSPS) is 15.9. The number of carbonyl (C=O) groups excluding carboxylic acids is 1. The Hall–Kier alpha value is -1.98. The standard InChI is InChI=1S/C19H20ClNO3S/c1-12-8-14-10-16(23-3)13(9-17(14)24-12)4-7-19(22)21(2)11-15-5-6-18(20)25-15/h4-7,9-10,12H,8,11H2,1-3H3. The summed E-state index contributed by atoms with van der Waals surface area (Å²) in [6, 6.07) is 7.69. The van der Waals surface area contributed by atoms with Crippen LogP contribution in [0, 0.1) is 0 Å². The molecule has 0 saturated carbocycles. The second kappa shape index (κ2) is 7.50. The first-order valence-electron chi connectivity index (χ1n) is 8.01. The third kappa shape index (κ3) is 4.17. The van der Waals surface area contributed by atoms with Crippen molar-refractivity contribution in [3.8, 4) is 11.5 Å². The molecule has 2 aromatic rings. The van der Waals surface area contributed by atoms with Crippen molar-refractivity contribution in [3.63, 3.8) is 0 Å². The molecule has 1 amide bonds. The summed E-state index contributed by atoms with van der Waals surface area (Å²) in [4.78, 5) is 15.0. The average Bonchev–Trinajstić information content (AvgIpc) is 3.15. The fourth-order valence-electron chi connectivity index (χ4n) is 2.80. The van der Waals surface area contributed by atoms with E-state index in [1.54, 1.807) is 31.2 Å². The molecule has 0 spiro atoms. The molecule has 0 aliphatic carbocycles. The minimum atomic E-state index is -0.0821. The van der Waals surface area contributed by atoms with Crippen molar-refractivity contribution >= 4 is 34.9 Å². The van der Waals surface area contributed by atoms with Gasteiger partial charge >= 0.3 is 0 Å². The maximum absolute atomic E-state index is 12.4. The lowest BCUT2D eigenvalue weighted by Gasteiger charge is -2.14. The Labute approximate surface area is 156 Å². The number of hydrogen-bond donors (Lipinski definition) is 0. The van der Waals surface area contributed by atoms with Gasteiger partial charge in [-0.05, 0) is 37.3 Å². The zero-order valence-electron chi connectivity index (χ0n) is 14.4. The van der Waals surface area contributed by atoms with E-state index in [2.05, 4.69) is 0 Å². The number of ether oxygens (including phenoxy) is 2. The number of thiophene rings is 1. The van der Waals surface area contributed by atoms with Crippen LogP contribution in [0.5, 0.6) is 11.5 Å². The van der Waals surface area contributed by atoms with Crippen LogP contribution in [0.3, 0.4) is 0 Å². The molecule has 0 fully saturated rings. The second-order valence-corrected chi connectivity index (χ2v) is 7.87. The summed E-state index contributed by atoms with van der Waals surface area (Å²) in [6.45, 7) is 2.57. The summed E-state index contributed by atoms with van der Waals surface area (Å²) in [5.74, 6) is 1.52. The highest BCUT2D eigenvalue weighted by molar-refractivity contribution is 7.16. The molecular formula is C19H20ClNO3S. The van der Waals surface area contributed by atoms with E-state index in [0.29, 0.717) is 6.54 Å². The van der Waals surface area contributed by atoms with Gasteiger partial charge in [0.2, 0.25) is 5.91 Å². The molecule has 4 nitrogen and oxygen atoms in total. The van der Waals surface area contributed by atoms with Crippen LogP contribution in [-0.2, 0) is 17.8 Å². The lowest BCUT2D eigenvalue weighted by Crippen LogP contribution is -2.23. The molecule has 0 saturated heterocycles. The fraction of sp³-hybridized carbons (Fsp3) is 0.316. The molecule has 0 radical (unpaired) electrons. The summed E-state index contributed by atoms with van der Waals surface area (Å²) in [7, 11) is 3.40. The van der Waals surface area contributed by atoms with Gasteiger partial charge < -0.3 is 14.4 Å². The van der Waals surface area contributed by atoms with Gasteiger partial charge in [0.15, 0.2) is 0 Å². The van der Waals surface area contributed by atoms with Gasteiger partial charge in [-0.2, -0.15) is 0 Å². The van der Waals surface area contributed by atoms with E-state index in [1.165, 1.54) is 11.3 Å². The first kappa shape index (κ1) is 17.8. The Morgan fingerprint density at radius 1 is 1.48 bits per heavy atom. The average molecular weight is 378 g/mol. The lowest BCUT2D eigenvalue weighted by molar-refractivity contribution is -0.125. The van der Waals surface area contributed by atoms with Crippen LogP contribution in [-0.4, -0.2) is 31.1 Å². The minimum absolute atomic E-state index is 0.0821. The molecular weight excluding hydrogens is 358 g/mol. The van der Waals surface area contributed by atoms with Crippen LogP contribution in [0.25, 0.3) is 6.08 Å². The number of nitrogens with zero attached hydrogens (tertiary/aromatic N) is 1. The summed E-state index contributed by atoms with van der Waals surface area (Å²) in [5.41, 5.74) is 1.97. The summed E-state index contributed by atoms with van der Waals surface area (Å²) >= 11 is 7.41. The zero-order chi connectivity index (χ0) is 18.0. The number of methoxy groups -OCH3 is 1. The number of fused-ring (bicyclic) bond motifs is 1. The zero-order valence-corrected chi connectivity index (χ0v) is 16.0. The second-order valence-electron chi connectivity index (χ2n) is 6.07. The summed E-state index contributed by atoms with van der Waals surface area (Å²) in [6.07, 6.45) is 4.37. The van der Waals surface area contributed by atoms with E-state index in [0.717, 1.165) is 38.3 Å². The number of halogens is 1. The first-order chi connectivity index (χ1) is 12.0. The molecule has 132 valence electrons. The van der Waals surface area contributed by atoms with Gasteiger partial charge in [0, 0.05) is 35.5 Å². The van der Waals surface area contributed by atoms with Crippen LogP contribution in [0.2, 0.25) is 4.34 Å². The predicted molar refractivity (Wildman–Crippen MR) is 102 cm³/mol. The van der Waals surface area contributed by atoms with Gasteiger partial charge in [-0.3, -0.25) is 4.79 Å². The van der Waals surface area contributed by atoms with Gasteiger partial charge in [-0.1, -0.05) is 11.6 Å². The molecule has 25 heavy (non-hydrogen) atoms.